The second-order valence-electron chi connectivity index (χ2n) is 4.67. The minimum absolute atomic E-state index is 0.00967. The Morgan fingerprint density at radius 3 is 2.90 bits per heavy atom. The molecule has 0 spiro atoms. The van der Waals surface area contributed by atoms with Crippen LogP contribution in [0.4, 0.5) is 0 Å². The molecule has 1 aromatic rings. The smallest absolute Gasteiger partial charge is 0.260 e. The molecule has 0 saturated carbocycles. The van der Waals surface area contributed by atoms with Gasteiger partial charge in [0.1, 0.15) is 11.6 Å². The number of thioether (sulfide) groups is 1. The molecular weight excluding hydrogens is 270 g/mol. The molecule has 0 aliphatic heterocycles. The fourth-order valence-electron chi connectivity index (χ4n) is 2.37. The summed E-state index contributed by atoms with van der Waals surface area (Å²) in [6, 6.07) is 3.96. The van der Waals surface area contributed by atoms with Gasteiger partial charge in [0.05, 0.1) is 10.6 Å². The van der Waals surface area contributed by atoms with E-state index in [1.54, 1.807) is 6.08 Å². The minimum Gasteiger partial charge on any atom is -0.365 e. The van der Waals surface area contributed by atoms with Crippen LogP contribution in [0.5, 0.6) is 0 Å². The van der Waals surface area contributed by atoms with Crippen molar-refractivity contribution in [1.82, 2.24) is 4.98 Å². The summed E-state index contributed by atoms with van der Waals surface area (Å²) in [5.74, 6) is -0.0658. The first-order chi connectivity index (χ1) is 9.67. The van der Waals surface area contributed by atoms with Crippen LogP contribution in [0.3, 0.4) is 0 Å². The molecule has 0 aromatic carbocycles. The maximum atomic E-state index is 11.4. The first kappa shape index (κ1) is 14.5. The highest BCUT2D eigenvalue weighted by Gasteiger charge is 2.19. The monoisotopic (exact) mass is 287 g/mol. The molecule has 1 aliphatic rings. The van der Waals surface area contributed by atoms with Gasteiger partial charge >= 0.3 is 0 Å². The Labute approximate surface area is 122 Å². The maximum Gasteiger partial charge on any atom is 0.260 e. The van der Waals surface area contributed by atoms with E-state index in [4.69, 9.17) is 11.0 Å². The first-order valence-corrected chi connectivity index (χ1v) is 7.55. The van der Waals surface area contributed by atoms with Crippen molar-refractivity contribution in [3.05, 3.63) is 41.2 Å². The second-order valence-corrected chi connectivity index (χ2v) is 5.70. The molecule has 0 saturated heterocycles. The number of nitrogens with zero attached hydrogens (tertiary/aromatic N) is 1. The Bertz CT molecular complexity index is 584. The van der Waals surface area contributed by atoms with E-state index in [0.29, 0.717) is 10.7 Å². The zero-order chi connectivity index (χ0) is 14.5. The number of carbonyl (C=O) groups excluding carboxylic acids is 1. The lowest BCUT2D eigenvalue weighted by atomic mass is 9.98. The van der Waals surface area contributed by atoms with Crippen molar-refractivity contribution in [3.63, 3.8) is 0 Å². The SMILES string of the molecule is C=CCS/C(=C(\C#N)C(N)=O)c1cc2c([nH]1)CCCC2. The van der Waals surface area contributed by atoms with Gasteiger partial charge in [-0.1, -0.05) is 6.08 Å². The predicted octanol–water partition coefficient (Wildman–Crippen LogP) is 2.53. The molecule has 1 heterocycles. The van der Waals surface area contributed by atoms with E-state index in [9.17, 15) is 4.79 Å². The van der Waals surface area contributed by atoms with E-state index in [1.165, 1.54) is 35.9 Å². The Hall–Kier alpha value is -1.93. The number of nitriles is 1. The quantitative estimate of drug-likeness (QED) is 0.496. The van der Waals surface area contributed by atoms with Crippen molar-refractivity contribution in [2.75, 3.05) is 5.75 Å². The van der Waals surface area contributed by atoms with Gasteiger partial charge in [0, 0.05) is 11.4 Å². The Kier molecular flexibility index (Phi) is 4.70. The van der Waals surface area contributed by atoms with Crippen LogP contribution in [0.15, 0.2) is 24.3 Å². The molecule has 0 unspecified atom stereocenters. The summed E-state index contributed by atoms with van der Waals surface area (Å²) in [6.07, 6.45) is 6.16. The number of H-pyrrole nitrogens is 1. The summed E-state index contributed by atoms with van der Waals surface area (Å²) < 4.78 is 0. The number of hydrogen-bond acceptors (Lipinski definition) is 3. The number of hydrogen-bond donors (Lipinski definition) is 2. The Morgan fingerprint density at radius 2 is 2.30 bits per heavy atom. The first-order valence-electron chi connectivity index (χ1n) is 6.56. The standard InChI is InChI=1S/C15H17N3OS/c1-2-7-20-14(11(9-16)15(17)19)13-8-10-5-3-4-6-12(10)18-13/h2,8,18H,1,3-7H2,(H2,17,19)/b14-11+. The number of rotatable bonds is 5. The third-order valence-electron chi connectivity index (χ3n) is 3.29. The molecule has 1 aliphatic carbocycles. The number of nitrogens with two attached hydrogens (primary N) is 1. The lowest BCUT2D eigenvalue weighted by Crippen LogP contribution is -2.14. The molecule has 104 valence electrons. The molecule has 0 atom stereocenters. The zero-order valence-electron chi connectivity index (χ0n) is 11.2. The lowest BCUT2D eigenvalue weighted by Gasteiger charge is -2.09. The van der Waals surface area contributed by atoms with Crippen LogP contribution in [-0.2, 0) is 17.6 Å². The minimum atomic E-state index is -0.688. The lowest BCUT2D eigenvalue weighted by molar-refractivity contribution is -0.114. The highest BCUT2D eigenvalue weighted by atomic mass is 32.2. The average Bonchev–Trinajstić information content (AvgIpc) is 2.86. The van der Waals surface area contributed by atoms with E-state index in [2.05, 4.69) is 11.6 Å². The Morgan fingerprint density at radius 1 is 1.55 bits per heavy atom. The largest absolute Gasteiger partial charge is 0.365 e. The number of fused-ring (bicyclic) bond motifs is 1. The number of aromatic nitrogens is 1. The van der Waals surface area contributed by atoms with Gasteiger partial charge in [-0.2, -0.15) is 5.26 Å². The molecule has 5 heteroatoms. The number of aromatic amines is 1. The predicted molar refractivity (Wildman–Crippen MR) is 81.8 cm³/mol. The normalized spacial score (nSPS) is 14.9. The fraction of sp³-hybridized carbons (Fsp3) is 0.333. The van der Waals surface area contributed by atoms with Crippen LogP contribution in [-0.4, -0.2) is 16.6 Å². The molecule has 4 nitrogen and oxygen atoms in total. The highest BCUT2D eigenvalue weighted by Crippen LogP contribution is 2.33. The number of amides is 1. The van der Waals surface area contributed by atoms with Crippen molar-refractivity contribution in [2.24, 2.45) is 5.73 Å². The number of primary amides is 1. The molecule has 2 rings (SSSR count). The van der Waals surface area contributed by atoms with Crippen molar-refractivity contribution >= 4 is 22.6 Å². The number of aryl methyl sites for hydroxylation is 2. The van der Waals surface area contributed by atoms with Crippen LogP contribution < -0.4 is 5.73 Å². The number of nitrogens with one attached hydrogen (secondary N) is 1. The van der Waals surface area contributed by atoms with Gasteiger partial charge in [0.15, 0.2) is 0 Å². The van der Waals surface area contributed by atoms with Crippen molar-refractivity contribution in [1.29, 1.82) is 5.26 Å². The summed E-state index contributed by atoms with van der Waals surface area (Å²) in [7, 11) is 0. The zero-order valence-corrected chi connectivity index (χ0v) is 12.1. The van der Waals surface area contributed by atoms with Gasteiger partial charge in [0.25, 0.3) is 5.91 Å². The van der Waals surface area contributed by atoms with Crippen molar-refractivity contribution in [2.45, 2.75) is 25.7 Å². The third kappa shape index (κ3) is 2.97. The van der Waals surface area contributed by atoms with Crippen LogP contribution in [0, 0.1) is 11.3 Å². The molecular formula is C15H17N3OS. The van der Waals surface area contributed by atoms with Gasteiger partial charge in [-0.15, -0.1) is 18.3 Å². The van der Waals surface area contributed by atoms with E-state index < -0.39 is 5.91 Å². The summed E-state index contributed by atoms with van der Waals surface area (Å²) in [5, 5.41) is 9.17. The van der Waals surface area contributed by atoms with Gasteiger partial charge in [0.2, 0.25) is 0 Å². The summed E-state index contributed by atoms with van der Waals surface area (Å²) in [5.41, 5.74) is 8.63. The molecule has 1 aromatic heterocycles. The van der Waals surface area contributed by atoms with Crippen LogP contribution in [0.2, 0.25) is 0 Å². The molecule has 0 radical (unpaired) electrons. The average molecular weight is 287 g/mol. The van der Waals surface area contributed by atoms with Gasteiger partial charge in [-0.3, -0.25) is 4.79 Å². The topological polar surface area (TPSA) is 82.7 Å². The summed E-state index contributed by atoms with van der Waals surface area (Å²) in [4.78, 5) is 15.4. The molecule has 0 bridgehead atoms. The molecule has 1 amide bonds. The molecule has 20 heavy (non-hydrogen) atoms. The third-order valence-corrected chi connectivity index (χ3v) is 4.41. The number of carbonyl (C=O) groups is 1. The van der Waals surface area contributed by atoms with E-state index >= 15 is 0 Å². The van der Waals surface area contributed by atoms with E-state index in [-0.39, 0.29) is 5.57 Å². The van der Waals surface area contributed by atoms with E-state index in [1.807, 2.05) is 12.1 Å². The summed E-state index contributed by atoms with van der Waals surface area (Å²) in [6.45, 7) is 3.67. The second kappa shape index (κ2) is 6.49. The van der Waals surface area contributed by atoms with Crippen molar-refractivity contribution < 1.29 is 4.79 Å². The van der Waals surface area contributed by atoms with Gasteiger partial charge in [-0.05, 0) is 37.3 Å². The Balaban J connectivity index is 2.46. The van der Waals surface area contributed by atoms with Crippen molar-refractivity contribution in [3.8, 4) is 6.07 Å². The highest BCUT2D eigenvalue weighted by molar-refractivity contribution is 8.08. The van der Waals surface area contributed by atoms with E-state index in [0.717, 1.165) is 18.5 Å². The molecule has 3 N–H and O–H groups in total. The van der Waals surface area contributed by atoms with Gasteiger partial charge < -0.3 is 10.7 Å². The van der Waals surface area contributed by atoms with Crippen LogP contribution >= 0.6 is 11.8 Å². The van der Waals surface area contributed by atoms with Crippen LogP contribution in [0.25, 0.3) is 4.91 Å². The van der Waals surface area contributed by atoms with Gasteiger partial charge in [-0.25, -0.2) is 0 Å². The summed E-state index contributed by atoms with van der Waals surface area (Å²) >= 11 is 1.41. The van der Waals surface area contributed by atoms with Crippen LogP contribution in [0.1, 0.15) is 29.8 Å². The fourth-order valence-corrected chi connectivity index (χ4v) is 3.21. The maximum absolute atomic E-state index is 11.4. The molecule has 0 fully saturated rings.